The summed E-state index contributed by atoms with van der Waals surface area (Å²) in [5, 5.41) is 0. The molecule has 3 rings (SSSR count). The molecule has 2 aromatic carbocycles. The largest absolute Gasteiger partial charge is 0.497 e. The Morgan fingerprint density at radius 2 is 1.80 bits per heavy atom. The summed E-state index contributed by atoms with van der Waals surface area (Å²) >= 11 is 4.98. The summed E-state index contributed by atoms with van der Waals surface area (Å²) in [5.74, 6) is 1.30. The number of benzene rings is 2. The number of rotatable bonds is 2. The van der Waals surface area contributed by atoms with E-state index in [0.29, 0.717) is 5.92 Å². The second-order valence-corrected chi connectivity index (χ2v) is 7.30. The van der Waals surface area contributed by atoms with E-state index in [0.717, 1.165) is 12.2 Å². The molecule has 0 aromatic heterocycles. The van der Waals surface area contributed by atoms with Crippen molar-refractivity contribution in [3.05, 3.63) is 72.4 Å². The lowest BCUT2D eigenvalue weighted by atomic mass is 9.83. The van der Waals surface area contributed by atoms with Crippen molar-refractivity contribution in [2.24, 2.45) is 0 Å². The van der Waals surface area contributed by atoms with Crippen molar-refractivity contribution in [1.82, 2.24) is 0 Å². The summed E-state index contributed by atoms with van der Waals surface area (Å²) in [6.07, 6.45) is 1.01. The van der Waals surface area contributed by atoms with Gasteiger partial charge in [-0.1, -0.05) is 36.4 Å². The van der Waals surface area contributed by atoms with Gasteiger partial charge in [0.25, 0.3) is 0 Å². The first-order valence-electron chi connectivity index (χ1n) is 6.46. The SMILES string of the molecule is COc1ccc2c(c1)CC(I)=C(I)C2c1ccccc1. The molecular weight excluding hydrogens is 474 g/mol. The van der Waals surface area contributed by atoms with Gasteiger partial charge in [0.15, 0.2) is 0 Å². The van der Waals surface area contributed by atoms with Crippen molar-refractivity contribution in [2.45, 2.75) is 12.3 Å². The highest BCUT2D eigenvalue weighted by atomic mass is 127. The zero-order valence-electron chi connectivity index (χ0n) is 11.1. The summed E-state index contributed by atoms with van der Waals surface area (Å²) in [6.45, 7) is 0. The summed E-state index contributed by atoms with van der Waals surface area (Å²) < 4.78 is 8.23. The van der Waals surface area contributed by atoms with Crippen LogP contribution in [-0.2, 0) is 6.42 Å². The van der Waals surface area contributed by atoms with Gasteiger partial charge in [0.1, 0.15) is 5.75 Å². The Bertz CT molecular complexity index is 662. The molecular formula is C17H14I2O. The third-order valence-corrected chi connectivity index (χ3v) is 6.92. The number of hydrogen-bond acceptors (Lipinski definition) is 1. The molecule has 2 aromatic rings. The van der Waals surface area contributed by atoms with E-state index in [9.17, 15) is 0 Å². The summed E-state index contributed by atoms with van der Waals surface area (Å²) in [5.41, 5.74) is 4.14. The Morgan fingerprint density at radius 1 is 1.05 bits per heavy atom. The first-order valence-corrected chi connectivity index (χ1v) is 8.62. The van der Waals surface area contributed by atoms with Crippen LogP contribution in [0.2, 0.25) is 0 Å². The van der Waals surface area contributed by atoms with E-state index >= 15 is 0 Å². The Hall–Kier alpha value is -0.560. The van der Waals surface area contributed by atoms with Crippen LogP contribution in [0.15, 0.2) is 55.7 Å². The fraction of sp³-hybridized carbons (Fsp3) is 0.176. The van der Waals surface area contributed by atoms with Crippen molar-refractivity contribution >= 4 is 45.2 Å². The fourth-order valence-electron chi connectivity index (χ4n) is 2.66. The van der Waals surface area contributed by atoms with Gasteiger partial charge in [-0.3, -0.25) is 0 Å². The summed E-state index contributed by atoms with van der Waals surface area (Å²) in [7, 11) is 1.73. The molecule has 0 saturated heterocycles. The van der Waals surface area contributed by atoms with E-state index in [2.05, 4.69) is 93.7 Å². The zero-order valence-corrected chi connectivity index (χ0v) is 15.4. The van der Waals surface area contributed by atoms with E-state index in [4.69, 9.17) is 4.74 Å². The van der Waals surface area contributed by atoms with E-state index in [1.54, 1.807) is 7.11 Å². The van der Waals surface area contributed by atoms with Crippen molar-refractivity contribution < 1.29 is 4.74 Å². The van der Waals surface area contributed by atoms with Crippen LogP contribution in [0.5, 0.6) is 5.75 Å². The number of fused-ring (bicyclic) bond motifs is 1. The van der Waals surface area contributed by atoms with Gasteiger partial charge < -0.3 is 4.74 Å². The quantitative estimate of drug-likeness (QED) is 0.511. The average molecular weight is 488 g/mol. The van der Waals surface area contributed by atoms with E-state index in [1.807, 2.05) is 0 Å². The maximum absolute atomic E-state index is 5.36. The predicted octanol–water partition coefficient (Wildman–Crippen LogP) is 5.46. The Balaban J connectivity index is 2.15. The van der Waals surface area contributed by atoms with Gasteiger partial charge in [-0.15, -0.1) is 0 Å². The van der Waals surface area contributed by atoms with Crippen LogP contribution in [0.3, 0.4) is 0 Å². The molecule has 3 heteroatoms. The van der Waals surface area contributed by atoms with Crippen LogP contribution in [0.1, 0.15) is 22.6 Å². The Morgan fingerprint density at radius 3 is 2.50 bits per heavy atom. The third-order valence-electron chi connectivity index (χ3n) is 3.65. The molecule has 0 aliphatic heterocycles. The minimum atomic E-state index is 0.360. The molecule has 0 bridgehead atoms. The van der Waals surface area contributed by atoms with E-state index in [-0.39, 0.29) is 0 Å². The van der Waals surface area contributed by atoms with Crippen LogP contribution < -0.4 is 4.74 Å². The van der Waals surface area contributed by atoms with Crippen LogP contribution >= 0.6 is 45.2 Å². The van der Waals surface area contributed by atoms with E-state index in [1.165, 1.54) is 23.9 Å². The standard InChI is InChI=1S/C17H14I2O/c1-20-13-7-8-14-12(9-13)10-15(18)17(19)16(14)11-5-3-2-4-6-11/h2-9,16H,10H2,1H3. The zero-order chi connectivity index (χ0) is 14.1. The lowest BCUT2D eigenvalue weighted by Gasteiger charge is -2.27. The number of halogens is 2. The summed E-state index contributed by atoms with van der Waals surface area (Å²) in [6, 6.07) is 17.2. The molecule has 1 nitrogen and oxygen atoms in total. The van der Waals surface area contributed by atoms with Crippen LogP contribution in [0.4, 0.5) is 0 Å². The van der Waals surface area contributed by atoms with Crippen molar-refractivity contribution in [1.29, 1.82) is 0 Å². The van der Waals surface area contributed by atoms with Gasteiger partial charge >= 0.3 is 0 Å². The number of methoxy groups -OCH3 is 1. The van der Waals surface area contributed by atoms with E-state index < -0.39 is 0 Å². The highest BCUT2D eigenvalue weighted by molar-refractivity contribution is 14.1. The fourth-order valence-corrected chi connectivity index (χ4v) is 4.27. The molecule has 1 unspecified atom stereocenters. The number of hydrogen-bond donors (Lipinski definition) is 0. The molecule has 102 valence electrons. The predicted molar refractivity (Wildman–Crippen MR) is 100 cm³/mol. The van der Waals surface area contributed by atoms with Crippen LogP contribution in [0, 0.1) is 0 Å². The van der Waals surface area contributed by atoms with Crippen molar-refractivity contribution in [2.75, 3.05) is 7.11 Å². The normalized spacial score (nSPS) is 17.9. The molecule has 1 aliphatic rings. The Kier molecular flexibility index (Phi) is 4.35. The molecule has 0 N–H and O–H groups in total. The second kappa shape index (κ2) is 6.05. The third kappa shape index (κ3) is 2.62. The molecule has 20 heavy (non-hydrogen) atoms. The second-order valence-electron chi connectivity index (χ2n) is 4.84. The molecule has 0 spiro atoms. The molecule has 1 aliphatic carbocycles. The molecule has 0 amide bonds. The monoisotopic (exact) mass is 488 g/mol. The van der Waals surface area contributed by atoms with Gasteiger partial charge in [-0.05, 0) is 74.0 Å². The van der Waals surface area contributed by atoms with Crippen molar-refractivity contribution in [3.8, 4) is 5.75 Å². The average Bonchev–Trinajstić information content (AvgIpc) is 2.49. The lowest BCUT2D eigenvalue weighted by Crippen LogP contribution is -2.11. The van der Waals surface area contributed by atoms with Crippen LogP contribution in [-0.4, -0.2) is 7.11 Å². The molecule has 0 radical (unpaired) electrons. The number of allylic oxidation sites excluding steroid dienone is 2. The summed E-state index contributed by atoms with van der Waals surface area (Å²) in [4.78, 5) is 0. The highest BCUT2D eigenvalue weighted by Gasteiger charge is 2.27. The minimum absolute atomic E-state index is 0.360. The molecule has 0 heterocycles. The topological polar surface area (TPSA) is 9.23 Å². The smallest absolute Gasteiger partial charge is 0.119 e. The molecule has 0 fully saturated rings. The first-order chi connectivity index (χ1) is 9.70. The van der Waals surface area contributed by atoms with Gasteiger partial charge in [-0.25, -0.2) is 0 Å². The van der Waals surface area contributed by atoms with Gasteiger partial charge in [0.2, 0.25) is 0 Å². The minimum Gasteiger partial charge on any atom is -0.497 e. The maximum atomic E-state index is 5.36. The number of ether oxygens (including phenoxy) is 1. The Labute approximate surface area is 146 Å². The maximum Gasteiger partial charge on any atom is 0.119 e. The highest BCUT2D eigenvalue weighted by Crippen LogP contribution is 2.46. The molecule has 1 atom stereocenters. The van der Waals surface area contributed by atoms with Crippen molar-refractivity contribution in [3.63, 3.8) is 0 Å². The van der Waals surface area contributed by atoms with Crippen LogP contribution in [0.25, 0.3) is 0 Å². The lowest BCUT2D eigenvalue weighted by molar-refractivity contribution is 0.414. The first kappa shape index (κ1) is 14.4. The van der Waals surface area contributed by atoms with Gasteiger partial charge in [0, 0.05) is 19.5 Å². The van der Waals surface area contributed by atoms with Gasteiger partial charge in [0.05, 0.1) is 7.11 Å². The van der Waals surface area contributed by atoms with Gasteiger partial charge in [-0.2, -0.15) is 0 Å². The molecule has 0 saturated carbocycles.